The maximum atomic E-state index is 6.11. The number of thioether (sulfide) groups is 1. The summed E-state index contributed by atoms with van der Waals surface area (Å²) < 4.78 is 2.18. The standard InChI is InChI=1S/C11H9ClN2S2.CH3I/c12-10-9(4-3-8-2-1-6-15-8)14-5-7-16-11(14)13-10;1-2/h1-4,6H,5,7H2;1H3/b4-3+;. The van der Waals surface area contributed by atoms with Crippen molar-refractivity contribution in [2.45, 2.75) is 11.7 Å². The van der Waals surface area contributed by atoms with Gasteiger partial charge in [-0.3, -0.25) is 0 Å². The molecule has 0 saturated carbocycles. The zero-order valence-corrected chi connectivity index (χ0v) is 14.3. The second-order valence-corrected chi connectivity index (χ2v) is 5.82. The first-order chi connectivity index (χ1) is 8.84. The third kappa shape index (κ3) is 3.12. The molecule has 2 aromatic heterocycles. The van der Waals surface area contributed by atoms with E-state index in [4.69, 9.17) is 11.6 Å². The van der Waals surface area contributed by atoms with E-state index in [1.165, 1.54) is 4.88 Å². The van der Waals surface area contributed by atoms with E-state index in [1.54, 1.807) is 23.1 Å². The van der Waals surface area contributed by atoms with E-state index in [0.29, 0.717) is 5.15 Å². The lowest BCUT2D eigenvalue weighted by Crippen LogP contribution is -1.95. The fourth-order valence-electron chi connectivity index (χ4n) is 1.68. The minimum absolute atomic E-state index is 0.606. The van der Waals surface area contributed by atoms with Crippen LogP contribution in [0.2, 0.25) is 5.15 Å². The van der Waals surface area contributed by atoms with Gasteiger partial charge in [-0.25, -0.2) is 4.98 Å². The largest absolute Gasteiger partial charge is 0.317 e. The van der Waals surface area contributed by atoms with E-state index in [-0.39, 0.29) is 0 Å². The first-order valence-corrected chi connectivity index (χ1v) is 9.73. The Bertz CT molecular complexity index is 535. The summed E-state index contributed by atoms with van der Waals surface area (Å²) in [6.07, 6.45) is 4.14. The normalized spacial score (nSPS) is 13.5. The Hall–Kier alpha value is 0.0200. The van der Waals surface area contributed by atoms with Crippen molar-refractivity contribution in [3.63, 3.8) is 0 Å². The number of hydrogen-bond donors (Lipinski definition) is 0. The molecule has 18 heavy (non-hydrogen) atoms. The van der Waals surface area contributed by atoms with Crippen LogP contribution in [-0.4, -0.2) is 20.2 Å². The lowest BCUT2D eigenvalue weighted by molar-refractivity contribution is 0.713. The van der Waals surface area contributed by atoms with Gasteiger partial charge in [0.1, 0.15) is 0 Å². The van der Waals surface area contributed by atoms with Crippen LogP contribution in [0.25, 0.3) is 12.2 Å². The summed E-state index contributed by atoms with van der Waals surface area (Å²) in [5.41, 5.74) is 1.02. The van der Waals surface area contributed by atoms with Gasteiger partial charge < -0.3 is 4.57 Å². The first kappa shape index (κ1) is 14.4. The average Bonchev–Trinajstić information content (AvgIpc) is 3.07. The maximum Gasteiger partial charge on any atom is 0.170 e. The number of alkyl halides is 1. The lowest BCUT2D eigenvalue weighted by Gasteiger charge is -1.98. The molecule has 0 N–H and O–H groups in total. The molecule has 0 aliphatic carbocycles. The molecular formula is C12H12ClIN2S2. The number of imidazole rings is 1. The number of aromatic nitrogens is 2. The topological polar surface area (TPSA) is 17.8 Å². The van der Waals surface area contributed by atoms with Crippen LogP contribution in [0.4, 0.5) is 0 Å². The van der Waals surface area contributed by atoms with Crippen molar-refractivity contribution < 1.29 is 0 Å². The minimum atomic E-state index is 0.606. The molecule has 3 heterocycles. The van der Waals surface area contributed by atoms with Gasteiger partial charge in [-0.15, -0.1) is 11.3 Å². The Morgan fingerprint density at radius 1 is 1.44 bits per heavy atom. The van der Waals surface area contributed by atoms with Crippen molar-refractivity contribution in [2.24, 2.45) is 0 Å². The SMILES string of the molecule is CI.Clc1nc2n(c1/C=C/c1cccs1)CCS2. The van der Waals surface area contributed by atoms with E-state index in [2.05, 4.69) is 55.7 Å². The second-order valence-electron chi connectivity index (χ2n) is 3.42. The van der Waals surface area contributed by atoms with Gasteiger partial charge in [0, 0.05) is 17.2 Å². The Balaban J connectivity index is 0.000000574. The highest BCUT2D eigenvalue weighted by Crippen LogP contribution is 2.31. The third-order valence-electron chi connectivity index (χ3n) is 2.42. The van der Waals surface area contributed by atoms with Crippen LogP contribution in [0.15, 0.2) is 22.7 Å². The minimum Gasteiger partial charge on any atom is -0.317 e. The Kier molecular flexibility index (Phi) is 5.59. The maximum absolute atomic E-state index is 6.11. The van der Waals surface area contributed by atoms with Crippen LogP contribution in [0.3, 0.4) is 0 Å². The van der Waals surface area contributed by atoms with Crippen LogP contribution < -0.4 is 0 Å². The number of halogens is 2. The van der Waals surface area contributed by atoms with Crippen molar-refractivity contribution in [3.05, 3.63) is 33.2 Å². The van der Waals surface area contributed by atoms with Crippen molar-refractivity contribution in [1.29, 1.82) is 0 Å². The Labute approximate surface area is 134 Å². The summed E-state index contributed by atoms with van der Waals surface area (Å²) >= 11 is 11.7. The summed E-state index contributed by atoms with van der Waals surface area (Å²) in [5, 5.41) is 3.71. The van der Waals surface area contributed by atoms with Crippen LogP contribution in [-0.2, 0) is 6.54 Å². The molecule has 1 aliphatic heterocycles. The molecule has 0 spiro atoms. The van der Waals surface area contributed by atoms with Crippen molar-refractivity contribution in [3.8, 4) is 0 Å². The molecule has 0 amide bonds. The van der Waals surface area contributed by atoms with Crippen molar-refractivity contribution in [2.75, 3.05) is 10.7 Å². The molecule has 96 valence electrons. The quantitative estimate of drug-likeness (QED) is 0.516. The van der Waals surface area contributed by atoms with Gasteiger partial charge in [0.2, 0.25) is 0 Å². The summed E-state index contributed by atoms with van der Waals surface area (Å²) in [7, 11) is 0. The molecule has 3 rings (SSSR count). The van der Waals surface area contributed by atoms with Gasteiger partial charge in [-0.1, -0.05) is 52.0 Å². The molecule has 0 atom stereocenters. The van der Waals surface area contributed by atoms with Gasteiger partial charge in [-0.05, 0) is 28.5 Å². The highest BCUT2D eigenvalue weighted by molar-refractivity contribution is 14.1. The van der Waals surface area contributed by atoms with E-state index in [9.17, 15) is 0 Å². The molecule has 0 saturated heterocycles. The summed E-state index contributed by atoms with van der Waals surface area (Å²) in [4.78, 5) is 7.54. The molecule has 0 bridgehead atoms. The third-order valence-corrected chi connectivity index (χ3v) is 4.49. The fourth-order valence-corrected chi connectivity index (χ4v) is 3.55. The van der Waals surface area contributed by atoms with E-state index in [1.807, 2.05) is 11.0 Å². The summed E-state index contributed by atoms with van der Waals surface area (Å²) in [5.74, 6) is 1.10. The molecule has 1 aliphatic rings. The predicted molar refractivity (Wildman–Crippen MR) is 91.2 cm³/mol. The molecule has 0 aromatic carbocycles. The Morgan fingerprint density at radius 2 is 2.28 bits per heavy atom. The van der Waals surface area contributed by atoms with Gasteiger partial charge >= 0.3 is 0 Å². The van der Waals surface area contributed by atoms with Crippen molar-refractivity contribution >= 4 is 69.4 Å². The monoisotopic (exact) mass is 410 g/mol. The predicted octanol–water partition coefficient (Wildman–Crippen LogP) is 4.93. The fraction of sp³-hybridized carbons (Fsp3) is 0.250. The molecule has 2 aromatic rings. The number of thiophene rings is 1. The first-order valence-electron chi connectivity index (χ1n) is 5.33. The summed E-state index contributed by atoms with van der Waals surface area (Å²) in [6.45, 7) is 1.00. The lowest BCUT2D eigenvalue weighted by atomic mass is 10.3. The second kappa shape index (κ2) is 6.98. The van der Waals surface area contributed by atoms with Crippen molar-refractivity contribution in [1.82, 2.24) is 9.55 Å². The smallest absolute Gasteiger partial charge is 0.170 e. The molecular weight excluding hydrogens is 399 g/mol. The molecule has 0 unspecified atom stereocenters. The zero-order chi connectivity index (χ0) is 13.0. The number of nitrogens with zero attached hydrogens (tertiary/aromatic N) is 2. The van der Waals surface area contributed by atoms with Crippen LogP contribution >= 0.6 is 57.3 Å². The molecule has 0 fully saturated rings. The summed E-state index contributed by atoms with van der Waals surface area (Å²) in [6, 6.07) is 4.13. The van der Waals surface area contributed by atoms with Crippen LogP contribution in [0.5, 0.6) is 0 Å². The molecule has 2 nitrogen and oxygen atoms in total. The Morgan fingerprint density at radius 3 is 3.00 bits per heavy atom. The average molecular weight is 411 g/mol. The van der Waals surface area contributed by atoms with Gasteiger partial charge in [0.05, 0.1) is 5.69 Å². The highest BCUT2D eigenvalue weighted by Gasteiger charge is 2.18. The van der Waals surface area contributed by atoms with Crippen LogP contribution in [0.1, 0.15) is 10.6 Å². The van der Waals surface area contributed by atoms with E-state index < -0.39 is 0 Å². The van der Waals surface area contributed by atoms with Crippen LogP contribution in [0, 0.1) is 0 Å². The van der Waals surface area contributed by atoms with E-state index >= 15 is 0 Å². The molecule has 0 radical (unpaired) electrons. The zero-order valence-electron chi connectivity index (χ0n) is 9.77. The van der Waals surface area contributed by atoms with E-state index in [0.717, 1.165) is 23.1 Å². The molecule has 6 heteroatoms. The number of hydrogen-bond acceptors (Lipinski definition) is 3. The van der Waals surface area contributed by atoms with Gasteiger partial charge in [0.15, 0.2) is 10.3 Å². The van der Waals surface area contributed by atoms with Gasteiger partial charge in [-0.2, -0.15) is 0 Å². The highest BCUT2D eigenvalue weighted by atomic mass is 127. The number of rotatable bonds is 2. The van der Waals surface area contributed by atoms with Gasteiger partial charge in [0.25, 0.3) is 0 Å². The number of fused-ring (bicyclic) bond motifs is 1.